The number of sulfone groups is 1. The molecule has 1 aromatic carbocycles. The van der Waals surface area contributed by atoms with Crippen LogP contribution in [-0.2, 0) is 9.84 Å². The van der Waals surface area contributed by atoms with Crippen LogP contribution in [0.1, 0.15) is 41.3 Å². The molecule has 1 fully saturated rings. The van der Waals surface area contributed by atoms with Crippen molar-refractivity contribution in [3.8, 4) is 0 Å². The van der Waals surface area contributed by atoms with Gasteiger partial charge in [0.25, 0.3) is 0 Å². The van der Waals surface area contributed by atoms with Crippen molar-refractivity contribution in [1.82, 2.24) is 0 Å². The summed E-state index contributed by atoms with van der Waals surface area (Å²) in [6.07, 6.45) is 2.18. The van der Waals surface area contributed by atoms with Gasteiger partial charge in [0.1, 0.15) is 5.82 Å². The van der Waals surface area contributed by atoms with Crippen LogP contribution in [0.3, 0.4) is 0 Å². The van der Waals surface area contributed by atoms with Crippen LogP contribution in [-0.4, -0.2) is 19.4 Å². The Labute approximate surface area is 118 Å². The molecule has 1 heterocycles. The molecule has 2 atom stereocenters. The monoisotopic (exact) mass is 304 g/mol. The molecule has 0 spiro atoms. The quantitative estimate of drug-likeness (QED) is 0.781. The van der Waals surface area contributed by atoms with Gasteiger partial charge in [-0.25, -0.2) is 12.8 Å². The Morgan fingerprint density at radius 3 is 2.37 bits per heavy atom. The third kappa shape index (κ3) is 2.95. The number of rotatable bonds is 2. The molecule has 0 saturated carbocycles. The number of benzene rings is 1. The van der Waals surface area contributed by atoms with Crippen molar-refractivity contribution in [3.63, 3.8) is 0 Å². The van der Waals surface area contributed by atoms with Crippen LogP contribution < -0.4 is 0 Å². The molecular formula is C14H18ClFO2S. The summed E-state index contributed by atoms with van der Waals surface area (Å²) in [7, 11) is -3.13. The fourth-order valence-electron chi connectivity index (χ4n) is 2.66. The lowest BCUT2D eigenvalue weighted by Crippen LogP contribution is -2.32. The molecule has 0 N–H and O–H groups in total. The standard InChI is InChI=1S/C14H18ClFO2S/c1-9-7-11(8-10(2)14(9)16)13(15)12-5-3-4-6-19(12,17)18/h7-8,12-13H,3-6H2,1-2H3. The summed E-state index contributed by atoms with van der Waals surface area (Å²) >= 11 is 6.36. The van der Waals surface area contributed by atoms with Crippen molar-refractivity contribution in [3.05, 3.63) is 34.6 Å². The summed E-state index contributed by atoms with van der Waals surface area (Å²) in [5.74, 6) is -0.0424. The minimum absolute atomic E-state index is 0.208. The fourth-order valence-corrected chi connectivity index (χ4v) is 5.34. The van der Waals surface area contributed by atoms with Crippen LogP contribution in [0.15, 0.2) is 12.1 Å². The van der Waals surface area contributed by atoms with Gasteiger partial charge in [0.15, 0.2) is 9.84 Å². The van der Waals surface area contributed by atoms with Crippen LogP contribution in [0.5, 0.6) is 0 Å². The zero-order valence-electron chi connectivity index (χ0n) is 11.1. The molecule has 0 aromatic heterocycles. The van der Waals surface area contributed by atoms with E-state index in [-0.39, 0.29) is 11.6 Å². The van der Waals surface area contributed by atoms with Crippen LogP contribution in [0.2, 0.25) is 0 Å². The first-order chi connectivity index (χ1) is 8.83. The summed E-state index contributed by atoms with van der Waals surface area (Å²) in [5.41, 5.74) is 1.72. The molecule has 0 aliphatic carbocycles. The maximum atomic E-state index is 13.6. The van der Waals surface area contributed by atoms with Gasteiger partial charge in [0, 0.05) is 0 Å². The second-order valence-corrected chi connectivity index (χ2v) is 8.08. The topological polar surface area (TPSA) is 34.1 Å². The highest BCUT2D eigenvalue weighted by molar-refractivity contribution is 7.92. The highest BCUT2D eigenvalue weighted by Crippen LogP contribution is 2.36. The van der Waals surface area contributed by atoms with Gasteiger partial charge in [0.2, 0.25) is 0 Å². The predicted octanol–water partition coefficient (Wildman–Crippen LogP) is 3.69. The van der Waals surface area contributed by atoms with E-state index in [1.54, 1.807) is 26.0 Å². The number of hydrogen-bond acceptors (Lipinski definition) is 2. The Balaban J connectivity index is 2.36. The lowest BCUT2D eigenvalue weighted by Gasteiger charge is -2.27. The van der Waals surface area contributed by atoms with Gasteiger partial charge in [-0.15, -0.1) is 11.6 Å². The lowest BCUT2D eigenvalue weighted by atomic mass is 10.00. The van der Waals surface area contributed by atoms with Crippen LogP contribution in [0, 0.1) is 19.7 Å². The van der Waals surface area contributed by atoms with Crippen molar-refractivity contribution >= 4 is 21.4 Å². The minimum Gasteiger partial charge on any atom is -0.228 e. The normalized spacial score (nSPS) is 24.1. The molecule has 0 radical (unpaired) electrons. The van der Waals surface area contributed by atoms with E-state index in [2.05, 4.69) is 0 Å². The zero-order valence-corrected chi connectivity index (χ0v) is 12.7. The Kier molecular flexibility index (Phi) is 4.21. The summed E-state index contributed by atoms with van der Waals surface area (Å²) in [5, 5.41) is -1.14. The van der Waals surface area contributed by atoms with Gasteiger partial charge in [-0.05, 0) is 43.4 Å². The molecule has 0 bridgehead atoms. The van der Waals surface area contributed by atoms with E-state index in [1.807, 2.05) is 0 Å². The van der Waals surface area contributed by atoms with E-state index < -0.39 is 20.5 Å². The third-order valence-electron chi connectivity index (χ3n) is 3.73. The predicted molar refractivity (Wildman–Crippen MR) is 75.9 cm³/mol. The molecule has 2 nitrogen and oxygen atoms in total. The zero-order chi connectivity index (χ0) is 14.2. The lowest BCUT2D eigenvalue weighted by molar-refractivity contribution is 0.533. The highest BCUT2D eigenvalue weighted by Gasteiger charge is 2.35. The Morgan fingerprint density at radius 1 is 1.26 bits per heavy atom. The van der Waals surface area contributed by atoms with E-state index >= 15 is 0 Å². The first kappa shape index (κ1) is 14.8. The smallest absolute Gasteiger partial charge is 0.154 e. The number of halogens is 2. The van der Waals surface area contributed by atoms with Crippen molar-refractivity contribution in [2.45, 2.75) is 43.7 Å². The summed E-state index contributed by atoms with van der Waals surface area (Å²) < 4.78 is 37.8. The molecule has 2 rings (SSSR count). The van der Waals surface area contributed by atoms with Gasteiger partial charge in [-0.1, -0.05) is 18.6 Å². The third-order valence-corrected chi connectivity index (χ3v) is 6.73. The fraction of sp³-hybridized carbons (Fsp3) is 0.571. The van der Waals surface area contributed by atoms with Crippen molar-refractivity contribution in [2.75, 3.05) is 5.75 Å². The highest BCUT2D eigenvalue weighted by atomic mass is 35.5. The Hall–Kier alpha value is -0.610. The maximum absolute atomic E-state index is 13.6. The van der Waals surface area contributed by atoms with Gasteiger partial charge in [0.05, 0.1) is 16.4 Å². The van der Waals surface area contributed by atoms with E-state index in [4.69, 9.17) is 11.6 Å². The van der Waals surface area contributed by atoms with Crippen molar-refractivity contribution < 1.29 is 12.8 Å². The van der Waals surface area contributed by atoms with Crippen molar-refractivity contribution in [1.29, 1.82) is 0 Å². The van der Waals surface area contributed by atoms with Gasteiger partial charge in [-0.2, -0.15) is 0 Å². The molecular weight excluding hydrogens is 287 g/mol. The van der Waals surface area contributed by atoms with Gasteiger partial charge in [-0.3, -0.25) is 0 Å². The Morgan fingerprint density at radius 2 is 1.84 bits per heavy atom. The molecule has 19 heavy (non-hydrogen) atoms. The molecule has 0 amide bonds. The molecule has 1 aliphatic rings. The second kappa shape index (κ2) is 5.41. The van der Waals surface area contributed by atoms with Crippen LogP contribution in [0.25, 0.3) is 0 Å². The summed E-state index contributed by atoms with van der Waals surface area (Å²) in [6, 6.07) is 3.31. The molecule has 106 valence electrons. The average Bonchev–Trinajstić information content (AvgIpc) is 2.34. The largest absolute Gasteiger partial charge is 0.228 e. The Bertz CT molecular complexity index is 560. The average molecular weight is 305 g/mol. The molecule has 1 aliphatic heterocycles. The van der Waals surface area contributed by atoms with Crippen molar-refractivity contribution in [2.24, 2.45) is 0 Å². The number of alkyl halides is 1. The van der Waals surface area contributed by atoms with Crippen LogP contribution >= 0.6 is 11.6 Å². The first-order valence-electron chi connectivity index (χ1n) is 6.45. The van der Waals surface area contributed by atoms with Crippen LogP contribution in [0.4, 0.5) is 4.39 Å². The molecule has 5 heteroatoms. The van der Waals surface area contributed by atoms with E-state index in [1.165, 1.54) is 0 Å². The number of hydrogen-bond donors (Lipinski definition) is 0. The first-order valence-corrected chi connectivity index (χ1v) is 8.60. The van der Waals surface area contributed by atoms with E-state index in [0.717, 1.165) is 6.42 Å². The minimum atomic E-state index is -3.13. The maximum Gasteiger partial charge on any atom is 0.154 e. The summed E-state index contributed by atoms with van der Waals surface area (Å²) in [4.78, 5) is 0. The van der Waals surface area contributed by atoms with Gasteiger partial charge < -0.3 is 0 Å². The van der Waals surface area contributed by atoms with E-state index in [9.17, 15) is 12.8 Å². The van der Waals surface area contributed by atoms with E-state index in [0.29, 0.717) is 29.5 Å². The molecule has 1 saturated heterocycles. The summed E-state index contributed by atoms with van der Waals surface area (Å²) in [6.45, 7) is 3.34. The second-order valence-electron chi connectivity index (χ2n) is 5.27. The molecule has 2 unspecified atom stereocenters. The number of aryl methyl sites for hydroxylation is 2. The van der Waals surface area contributed by atoms with Gasteiger partial charge >= 0.3 is 0 Å². The SMILES string of the molecule is Cc1cc(C(Cl)C2CCCCS2(=O)=O)cc(C)c1F. The molecule has 1 aromatic rings.